The Kier molecular flexibility index (Phi) is 1.61. The molecule has 2 heteroatoms. The molecular weight excluding hydrogens is 140 g/mol. The van der Waals surface area contributed by atoms with E-state index in [4.69, 9.17) is 4.43 Å². The fourth-order valence-corrected chi connectivity index (χ4v) is 3.61. The van der Waals surface area contributed by atoms with Gasteiger partial charge in [-0.2, -0.15) is 0 Å². The van der Waals surface area contributed by atoms with Gasteiger partial charge in [0.1, 0.15) is 10.5 Å². The van der Waals surface area contributed by atoms with E-state index in [1.165, 1.54) is 38.5 Å². The third-order valence-corrected chi connectivity index (χ3v) is 4.27. The average molecular weight is 156 g/mol. The van der Waals surface area contributed by atoms with Crippen LogP contribution in [0.5, 0.6) is 0 Å². The number of rotatable bonds is 1. The van der Waals surface area contributed by atoms with Crippen molar-refractivity contribution < 1.29 is 4.43 Å². The fourth-order valence-electron chi connectivity index (χ4n) is 2.87. The minimum absolute atomic E-state index is 0.409. The summed E-state index contributed by atoms with van der Waals surface area (Å²) in [5.41, 5.74) is 0.409. The zero-order chi connectivity index (χ0) is 7.03. The highest BCUT2D eigenvalue weighted by Crippen LogP contribution is 2.49. The summed E-state index contributed by atoms with van der Waals surface area (Å²) in [7, 11) is 0.943. The first-order chi connectivity index (χ1) is 4.87. The van der Waals surface area contributed by atoms with E-state index in [-0.39, 0.29) is 0 Å². The van der Waals surface area contributed by atoms with Gasteiger partial charge in [0.2, 0.25) is 0 Å². The lowest BCUT2D eigenvalue weighted by Crippen LogP contribution is -2.30. The maximum absolute atomic E-state index is 5.76. The van der Waals surface area contributed by atoms with Gasteiger partial charge in [0, 0.05) is 0 Å². The minimum atomic E-state index is 0.409. The van der Waals surface area contributed by atoms with Crippen LogP contribution < -0.4 is 0 Å². The normalized spacial score (nSPS) is 46.2. The van der Waals surface area contributed by atoms with Gasteiger partial charge in [-0.3, -0.25) is 0 Å². The van der Waals surface area contributed by atoms with Crippen LogP contribution in [0.3, 0.4) is 0 Å². The molecule has 2 aliphatic rings. The lowest BCUT2D eigenvalue weighted by atomic mass is 9.95. The molecule has 58 valence electrons. The molecule has 2 rings (SSSR count). The lowest BCUT2D eigenvalue weighted by Gasteiger charge is -2.28. The van der Waals surface area contributed by atoms with E-state index >= 15 is 0 Å². The smallest absolute Gasteiger partial charge is 0.146 e. The summed E-state index contributed by atoms with van der Waals surface area (Å²) in [5.74, 6) is 0.949. The van der Waals surface area contributed by atoms with Crippen molar-refractivity contribution in [3.8, 4) is 0 Å². The highest BCUT2D eigenvalue weighted by Gasteiger charge is 2.45. The SMILES string of the molecule is [SiH3]O[C@]12CCC[C@H]1CCC2. The fraction of sp³-hybridized carbons (Fsp3) is 1.00. The lowest BCUT2D eigenvalue weighted by molar-refractivity contribution is 0.0616. The first kappa shape index (κ1) is 6.86. The highest BCUT2D eigenvalue weighted by molar-refractivity contribution is 5.98. The van der Waals surface area contributed by atoms with Crippen LogP contribution in [0.15, 0.2) is 0 Å². The summed E-state index contributed by atoms with van der Waals surface area (Å²) in [6, 6.07) is 0. The predicted molar refractivity (Wildman–Crippen MR) is 44.9 cm³/mol. The van der Waals surface area contributed by atoms with E-state index in [1.54, 1.807) is 0 Å². The molecule has 0 amide bonds. The molecule has 0 aromatic rings. The van der Waals surface area contributed by atoms with E-state index in [0.717, 1.165) is 16.4 Å². The van der Waals surface area contributed by atoms with Crippen LogP contribution in [0.1, 0.15) is 38.5 Å². The van der Waals surface area contributed by atoms with Gasteiger partial charge in [-0.25, -0.2) is 0 Å². The van der Waals surface area contributed by atoms with Crippen LogP contribution in [-0.4, -0.2) is 16.1 Å². The maximum atomic E-state index is 5.76. The maximum Gasteiger partial charge on any atom is 0.146 e. The number of hydrogen-bond donors (Lipinski definition) is 0. The molecule has 2 fully saturated rings. The molecule has 0 saturated heterocycles. The molecule has 0 atom stereocenters. The van der Waals surface area contributed by atoms with Crippen molar-refractivity contribution in [2.24, 2.45) is 5.92 Å². The van der Waals surface area contributed by atoms with E-state index in [1.807, 2.05) is 0 Å². The second-order valence-electron chi connectivity index (χ2n) is 3.75. The van der Waals surface area contributed by atoms with Crippen molar-refractivity contribution in [1.29, 1.82) is 0 Å². The van der Waals surface area contributed by atoms with Crippen LogP contribution in [0.2, 0.25) is 0 Å². The van der Waals surface area contributed by atoms with Gasteiger partial charge in [0.15, 0.2) is 0 Å². The van der Waals surface area contributed by atoms with Gasteiger partial charge in [0.25, 0.3) is 0 Å². The summed E-state index contributed by atoms with van der Waals surface area (Å²) in [6.07, 6.45) is 8.46. The Labute approximate surface area is 65.7 Å². The Morgan fingerprint density at radius 2 is 1.80 bits per heavy atom. The molecule has 0 aromatic carbocycles. The van der Waals surface area contributed by atoms with Gasteiger partial charge in [-0.05, 0) is 31.6 Å². The first-order valence-electron chi connectivity index (χ1n) is 4.42. The Morgan fingerprint density at radius 1 is 1.20 bits per heavy atom. The Morgan fingerprint density at radius 3 is 2.20 bits per heavy atom. The van der Waals surface area contributed by atoms with Crippen molar-refractivity contribution in [3.63, 3.8) is 0 Å². The van der Waals surface area contributed by atoms with E-state index in [9.17, 15) is 0 Å². The molecule has 0 N–H and O–H groups in total. The Balaban J connectivity index is 2.15. The number of fused-ring (bicyclic) bond motifs is 1. The molecule has 0 spiro atoms. The van der Waals surface area contributed by atoms with Crippen molar-refractivity contribution in [3.05, 3.63) is 0 Å². The van der Waals surface area contributed by atoms with Crippen LogP contribution in [0, 0.1) is 5.92 Å². The van der Waals surface area contributed by atoms with E-state index < -0.39 is 0 Å². The quantitative estimate of drug-likeness (QED) is 0.515. The van der Waals surface area contributed by atoms with E-state index in [2.05, 4.69) is 0 Å². The standard InChI is InChI=1S/C8H16OSi/c10-9-8-5-1-3-7(8)4-2-6-8/h7H,1-6H2,10H3/t7-,8-. The van der Waals surface area contributed by atoms with Gasteiger partial charge < -0.3 is 4.43 Å². The van der Waals surface area contributed by atoms with E-state index in [0.29, 0.717) is 5.60 Å². The molecule has 0 aromatic heterocycles. The van der Waals surface area contributed by atoms with Crippen molar-refractivity contribution in [1.82, 2.24) is 0 Å². The molecule has 0 radical (unpaired) electrons. The number of hydrogen-bond acceptors (Lipinski definition) is 1. The largest absolute Gasteiger partial charge is 0.422 e. The second-order valence-corrected chi connectivity index (χ2v) is 4.16. The second kappa shape index (κ2) is 2.34. The van der Waals surface area contributed by atoms with Gasteiger partial charge in [-0.1, -0.05) is 12.8 Å². The summed E-state index contributed by atoms with van der Waals surface area (Å²) < 4.78 is 5.76. The summed E-state index contributed by atoms with van der Waals surface area (Å²) >= 11 is 0. The van der Waals surface area contributed by atoms with Crippen molar-refractivity contribution >= 4 is 10.5 Å². The zero-order valence-corrected chi connectivity index (χ0v) is 8.73. The van der Waals surface area contributed by atoms with Crippen LogP contribution in [-0.2, 0) is 4.43 Å². The highest BCUT2D eigenvalue weighted by atomic mass is 28.2. The third kappa shape index (κ3) is 0.784. The molecule has 0 bridgehead atoms. The molecular formula is C8H16OSi. The van der Waals surface area contributed by atoms with Crippen LogP contribution >= 0.6 is 0 Å². The molecule has 0 aliphatic heterocycles. The Hall–Kier alpha value is 0.177. The van der Waals surface area contributed by atoms with Gasteiger partial charge in [0.05, 0.1) is 5.60 Å². The molecule has 10 heavy (non-hydrogen) atoms. The Bertz CT molecular complexity index is 125. The van der Waals surface area contributed by atoms with Gasteiger partial charge in [-0.15, -0.1) is 0 Å². The minimum Gasteiger partial charge on any atom is -0.422 e. The topological polar surface area (TPSA) is 9.23 Å². The third-order valence-electron chi connectivity index (χ3n) is 3.46. The molecule has 1 nitrogen and oxygen atoms in total. The summed E-state index contributed by atoms with van der Waals surface area (Å²) in [6.45, 7) is 0. The van der Waals surface area contributed by atoms with Crippen molar-refractivity contribution in [2.45, 2.75) is 44.1 Å². The van der Waals surface area contributed by atoms with Crippen molar-refractivity contribution in [2.75, 3.05) is 0 Å². The van der Waals surface area contributed by atoms with Gasteiger partial charge >= 0.3 is 0 Å². The monoisotopic (exact) mass is 156 g/mol. The first-order valence-corrected chi connectivity index (χ1v) is 5.24. The molecule has 2 aliphatic carbocycles. The summed E-state index contributed by atoms with van der Waals surface area (Å²) in [5, 5.41) is 0. The average Bonchev–Trinajstić information content (AvgIpc) is 2.42. The van der Waals surface area contributed by atoms with Crippen LogP contribution in [0.25, 0.3) is 0 Å². The predicted octanol–water partition coefficient (Wildman–Crippen LogP) is 1.01. The molecule has 0 unspecified atom stereocenters. The molecule has 0 heterocycles. The van der Waals surface area contributed by atoms with Crippen LogP contribution in [0.4, 0.5) is 0 Å². The molecule has 2 saturated carbocycles. The zero-order valence-electron chi connectivity index (χ0n) is 6.73. The summed E-state index contributed by atoms with van der Waals surface area (Å²) in [4.78, 5) is 0.